The Bertz CT molecular complexity index is 1810. The number of nitrogens with one attached hydrogen (secondary N) is 1. The fourth-order valence-corrected chi connectivity index (χ4v) is 11.1. The summed E-state index contributed by atoms with van der Waals surface area (Å²) in [5.74, 6) is -0.557. The second-order valence-electron chi connectivity index (χ2n) is 25.7. The number of rotatable bonds is 66. The molecule has 10 heteroatoms. The van der Waals surface area contributed by atoms with E-state index in [0.29, 0.717) is 23.9 Å². The van der Waals surface area contributed by atoms with E-state index in [2.05, 4.69) is 111 Å². The van der Waals surface area contributed by atoms with E-state index in [1.807, 2.05) is 33.3 Å². The fourth-order valence-electron chi connectivity index (χ4n) is 10.3. The number of amides is 1. The maximum Gasteiger partial charge on any atom is 0.306 e. The first-order chi connectivity index (χ1) is 42.4. The van der Waals surface area contributed by atoms with Gasteiger partial charge in [0, 0.05) is 12.8 Å². The molecule has 1 amide bonds. The predicted molar refractivity (Wildman–Crippen MR) is 376 cm³/mol. The van der Waals surface area contributed by atoms with Crippen LogP contribution in [0.3, 0.4) is 0 Å². The predicted octanol–water partition coefficient (Wildman–Crippen LogP) is 22.8. The molecule has 0 aliphatic heterocycles. The zero-order valence-corrected chi connectivity index (χ0v) is 58.6. The third-order valence-electron chi connectivity index (χ3n) is 16.0. The van der Waals surface area contributed by atoms with Crippen molar-refractivity contribution in [3.63, 3.8) is 0 Å². The van der Waals surface area contributed by atoms with Crippen LogP contribution in [-0.2, 0) is 27.9 Å². The van der Waals surface area contributed by atoms with Crippen LogP contribution in [0.25, 0.3) is 0 Å². The first-order valence-electron chi connectivity index (χ1n) is 36.5. The SMILES string of the molecule is CCCCC/C=C\C/C=C\C/C=C\C/C=C\CCCCCCCC(=O)NC(COP(=O)([O-])OCC[N+](C)(C)C)C(/C=C\CCCCCCCCCCCCC)OC(=O)CCCCCCCCCCCCCCCC/C=C\C/C=C\C/C=C\CCCCC. The molecule has 0 spiro atoms. The summed E-state index contributed by atoms with van der Waals surface area (Å²) in [6.45, 7) is 6.80. The minimum absolute atomic E-state index is 0.0295. The molecule has 9 nitrogen and oxygen atoms in total. The highest BCUT2D eigenvalue weighted by atomic mass is 31.2. The Labute approximate surface area is 538 Å². The van der Waals surface area contributed by atoms with Gasteiger partial charge in [0.1, 0.15) is 19.3 Å². The van der Waals surface area contributed by atoms with Crippen LogP contribution in [-0.4, -0.2) is 69.4 Å². The van der Waals surface area contributed by atoms with Gasteiger partial charge < -0.3 is 28.5 Å². The topological polar surface area (TPSA) is 114 Å². The van der Waals surface area contributed by atoms with E-state index in [-0.39, 0.29) is 24.9 Å². The highest BCUT2D eigenvalue weighted by Gasteiger charge is 2.27. The van der Waals surface area contributed by atoms with Crippen molar-refractivity contribution in [3.8, 4) is 0 Å². The third-order valence-corrected chi connectivity index (χ3v) is 17.0. The van der Waals surface area contributed by atoms with Gasteiger partial charge in [-0.1, -0.05) is 298 Å². The lowest BCUT2D eigenvalue weighted by Crippen LogP contribution is -2.47. The average Bonchev–Trinajstić information content (AvgIpc) is 3.69. The molecule has 1 N–H and O–H groups in total. The van der Waals surface area contributed by atoms with Gasteiger partial charge in [-0.15, -0.1) is 0 Å². The van der Waals surface area contributed by atoms with E-state index in [9.17, 15) is 19.0 Å². The summed E-state index contributed by atoms with van der Waals surface area (Å²) in [7, 11) is 1.17. The second kappa shape index (κ2) is 65.9. The molecule has 0 aromatic heterocycles. The van der Waals surface area contributed by atoms with Crippen LogP contribution in [0.15, 0.2) is 97.2 Å². The van der Waals surface area contributed by atoms with Crippen LogP contribution < -0.4 is 10.2 Å². The van der Waals surface area contributed by atoms with Gasteiger partial charge in [-0.25, -0.2) is 0 Å². The lowest BCUT2D eigenvalue weighted by Gasteiger charge is -2.30. The number of ether oxygens (including phenoxy) is 1. The van der Waals surface area contributed by atoms with E-state index in [0.717, 1.165) is 103 Å². The first-order valence-corrected chi connectivity index (χ1v) is 38.0. The van der Waals surface area contributed by atoms with Gasteiger partial charge in [-0.2, -0.15) is 0 Å². The number of allylic oxidation sites excluding steroid dienone is 15. The van der Waals surface area contributed by atoms with Gasteiger partial charge in [0.2, 0.25) is 5.91 Å². The summed E-state index contributed by atoms with van der Waals surface area (Å²) in [6.07, 6.45) is 89.6. The summed E-state index contributed by atoms with van der Waals surface area (Å²) in [5, 5.41) is 3.04. The molecule has 0 heterocycles. The highest BCUT2D eigenvalue weighted by molar-refractivity contribution is 7.45. The van der Waals surface area contributed by atoms with Crippen LogP contribution in [0.1, 0.15) is 329 Å². The molecule has 0 aromatic rings. The van der Waals surface area contributed by atoms with Crippen LogP contribution in [0, 0.1) is 0 Å². The number of unbranched alkanes of at least 4 members (excludes halogenated alkanes) is 36. The number of carbonyl (C=O) groups excluding carboxylic acids is 2. The smallest absolute Gasteiger partial charge is 0.306 e. The number of hydrogen-bond donors (Lipinski definition) is 1. The van der Waals surface area contributed by atoms with Crippen molar-refractivity contribution in [2.45, 2.75) is 341 Å². The number of nitrogens with zero attached hydrogens (tertiary/aromatic N) is 1. The van der Waals surface area contributed by atoms with Crippen molar-refractivity contribution < 1.29 is 37.3 Å². The lowest BCUT2D eigenvalue weighted by molar-refractivity contribution is -0.870. The number of quaternary nitrogens is 1. The van der Waals surface area contributed by atoms with Gasteiger partial charge in [-0.05, 0) is 115 Å². The Morgan fingerprint density at radius 1 is 0.402 bits per heavy atom. The Hall–Kier alpha value is -3.07. The molecule has 0 saturated heterocycles. The van der Waals surface area contributed by atoms with Crippen molar-refractivity contribution >= 4 is 19.7 Å². The van der Waals surface area contributed by atoms with Crippen LogP contribution in [0.4, 0.5) is 0 Å². The first kappa shape index (κ1) is 83.9. The molecule has 0 saturated carbocycles. The number of phosphoric acid groups is 1. The minimum atomic E-state index is -4.72. The Balaban J connectivity index is 5.10. The zero-order chi connectivity index (χ0) is 63.5. The van der Waals surface area contributed by atoms with E-state index in [1.54, 1.807) is 0 Å². The maximum atomic E-state index is 13.6. The maximum absolute atomic E-state index is 13.6. The van der Waals surface area contributed by atoms with E-state index in [1.165, 1.54) is 186 Å². The normalized spacial score (nSPS) is 14.1. The van der Waals surface area contributed by atoms with Gasteiger partial charge in [0.15, 0.2) is 0 Å². The molecule has 504 valence electrons. The van der Waals surface area contributed by atoms with Gasteiger partial charge in [0.05, 0.1) is 33.8 Å². The molecule has 3 unspecified atom stereocenters. The Morgan fingerprint density at radius 2 is 0.701 bits per heavy atom. The standard InChI is InChI=1S/C77H139N2O7P/c1-7-10-13-16-19-22-25-28-30-32-34-36-37-38-39-40-41-43-45-47-49-52-55-58-61-64-67-70-77(81)86-75(68-65-62-59-56-53-50-27-24-21-18-15-12-9-3)74(73-85-87(82,83)84-72-71-79(4,5)6)78-76(80)69-66-63-60-57-54-51-48-46-44-42-35-33-31-29-26-23-20-17-14-11-8-2/h19-20,22-23,28-31,34-36,42,46,48,65,68,74-75H,7-18,21,24-27,32-33,37-41,43-45,47,49-64,66-67,69-73H2,1-6H3,(H-,78,80,82,83)/b22-19-,23-20-,30-28-,31-29-,36-34-,42-35-,48-46-,68-65-. The Morgan fingerprint density at radius 3 is 1.07 bits per heavy atom. The van der Waals surface area contributed by atoms with Crippen LogP contribution >= 0.6 is 7.82 Å². The number of likely N-dealkylation sites (N-methyl/N-ethyl adjacent to an activating group) is 1. The fraction of sp³-hybridized carbons (Fsp3) is 0.766. The molecule has 0 aliphatic carbocycles. The molecule has 0 radical (unpaired) electrons. The molecule has 0 fully saturated rings. The van der Waals surface area contributed by atoms with E-state index >= 15 is 0 Å². The average molecular weight is 1240 g/mol. The molecule has 0 aromatic carbocycles. The van der Waals surface area contributed by atoms with E-state index in [4.69, 9.17) is 13.8 Å². The summed E-state index contributed by atoms with van der Waals surface area (Å²) in [4.78, 5) is 40.2. The lowest BCUT2D eigenvalue weighted by atomic mass is 10.0. The van der Waals surface area contributed by atoms with Gasteiger partial charge in [-0.3, -0.25) is 14.2 Å². The largest absolute Gasteiger partial charge is 0.756 e. The van der Waals surface area contributed by atoms with Crippen molar-refractivity contribution in [2.75, 3.05) is 40.9 Å². The number of phosphoric ester groups is 1. The second-order valence-corrected chi connectivity index (χ2v) is 27.1. The molecule has 0 rings (SSSR count). The summed E-state index contributed by atoms with van der Waals surface area (Å²) in [6, 6.07) is -0.905. The van der Waals surface area contributed by atoms with Crippen molar-refractivity contribution in [2.24, 2.45) is 0 Å². The number of hydrogen-bond acceptors (Lipinski definition) is 7. The summed E-state index contributed by atoms with van der Waals surface area (Å²) in [5.41, 5.74) is 0. The molecule has 0 bridgehead atoms. The van der Waals surface area contributed by atoms with Crippen LogP contribution in [0.5, 0.6) is 0 Å². The number of carbonyl (C=O) groups is 2. The minimum Gasteiger partial charge on any atom is -0.756 e. The quantitative estimate of drug-likeness (QED) is 0.0212. The van der Waals surface area contributed by atoms with Gasteiger partial charge in [0.25, 0.3) is 7.82 Å². The summed E-state index contributed by atoms with van der Waals surface area (Å²) < 4.78 is 30.5. The zero-order valence-electron chi connectivity index (χ0n) is 57.7. The van der Waals surface area contributed by atoms with Gasteiger partial charge >= 0.3 is 5.97 Å². The molecular formula is C77H139N2O7P. The molecule has 3 atom stereocenters. The van der Waals surface area contributed by atoms with Crippen molar-refractivity contribution in [1.82, 2.24) is 5.32 Å². The van der Waals surface area contributed by atoms with Crippen molar-refractivity contribution in [3.05, 3.63) is 97.2 Å². The third kappa shape index (κ3) is 67.2. The Kier molecular flexibility index (Phi) is 63.5. The molecular weight excluding hydrogens is 1100 g/mol. The highest BCUT2D eigenvalue weighted by Crippen LogP contribution is 2.38. The number of esters is 1. The monoisotopic (exact) mass is 1240 g/mol. The van der Waals surface area contributed by atoms with Crippen molar-refractivity contribution in [1.29, 1.82) is 0 Å². The van der Waals surface area contributed by atoms with Crippen LogP contribution in [0.2, 0.25) is 0 Å². The molecule has 0 aliphatic rings. The summed E-state index contributed by atoms with van der Waals surface area (Å²) >= 11 is 0. The van der Waals surface area contributed by atoms with E-state index < -0.39 is 26.6 Å². The molecule has 87 heavy (non-hydrogen) atoms.